The topological polar surface area (TPSA) is 61.3 Å². The van der Waals surface area contributed by atoms with E-state index < -0.39 is 0 Å². The summed E-state index contributed by atoms with van der Waals surface area (Å²) in [6.45, 7) is 4.88. The van der Waals surface area contributed by atoms with E-state index in [0.717, 1.165) is 22.8 Å². The van der Waals surface area contributed by atoms with Crippen LogP contribution in [0.1, 0.15) is 11.5 Å². The molecule has 0 aliphatic heterocycles. The number of nitrogens with two attached hydrogens (primary N) is 1. The molecule has 0 aliphatic rings. The molecule has 0 aliphatic carbocycles. The molecule has 0 spiro atoms. The Morgan fingerprint density at radius 1 is 1.24 bits per heavy atom. The van der Waals surface area contributed by atoms with Gasteiger partial charge in [-0.1, -0.05) is 0 Å². The lowest BCUT2D eigenvalue weighted by atomic mass is 10.2. The van der Waals surface area contributed by atoms with Crippen LogP contribution in [0.25, 0.3) is 11.5 Å². The highest BCUT2D eigenvalue weighted by Gasteiger charge is 2.07. The summed E-state index contributed by atoms with van der Waals surface area (Å²) in [5.74, 6) is 2.30. The van der Waals surface area contributed by atoms with Crippen molar-refractivity contribution in [2.45, 2.75) is 13.8 Å². The zero-order chi connectivity index (χ0) is 12.3. The van der Waals surface area contributed by atoms with Gasteiger partial charge in [-0.25, -0.2) is 4.98 Å². The molecule has 2 aromatic rings. The minimum Gasteiger partial charge on any atom is -0.492 e. The minimum atomic E-state index is 0.514. The van der Waals surface area contributed by atoms with E-state index >= 15 is 0 Å². The predicted molar refractivity (Wildman–Crippen MR) is 66.0 cm³/mol. The fraction of sp³-hybridized carbons (Fsp3) is 0.308. The molecule has 0 fully saturated rings. The summed E-state index contributed by atoms with van der Waals surface area (Å²) in [5.41, 5.74) is 7.23. The van der Waals surface area contributed by atoms with Gasteiger partial charge in [0.05, 0.1) is 5.69 Å². The Labute approximate surface area is 100 Å². The molecule has 1 aromatic heterocycles. The third-order valence-corrected chi connectivity index (χ3v) is 2.52. The largest absolute Gasteiger partial charge is 0.492 e. The molecule has 1 aromatic carbocycles. The Hall–Kier alpha value is -1.81. The van der Waals surface area contributed by atoms with Crippen LogP contribution in [0, 0.1) is 13.8 Å². The summed E-state index contributed by atoms with van der Waals surface area (Å²) < 4.78 is 10.9. The van der Waals surface area contributed by atoms with Crippen LogP contribution in [0.4, 0.5) is 0 Å². The van der Waals surface area contributed by atoms with E-state index in [9.17, 15) is 0 Å². The number of aromatic nitrogens is 1. The van der Waals surface area contributed by atoms with Crippen molar-refractivity contribution in [3.05, 3.63) is 35.7 Å². The minimum absolute atomic E-state index is 0.514. The van der Waals surface area contributed by atoms with Gasteiger partial charge in [0.1, 0.15) is 18.1 Å². The Bertz CT molecular complexity index is 469. The average molecular weight is 232 g/mol. The molecule has 4 nitrogen and oxygen atoms in total. The first kappa shape index (κ1) is 11.7. The third kappa shape index (κ3) is 2.65. The second-order valence-electron chi connectivity index (χ2n) is 3.82. The van der Waals surface area contributed by atoms with Crippen molar-refractivity contribution >= 4 is 0 Å². The lowest BCUT2D eigenvalue weighted by Crippen LogP contribution is -2.10. The molecule has 0 unspecified atom stereocenters. The molecule has 0 saturated carbocycles. The quantitative estimate of drug-likeness (QED) is 0.878. The van der Waals surface area contributed by atoms with Gasteiger partial charge >= 0.3 is 0 Å². The monoisotopic (exact) mass is 232 g/mol. The van der Waals surface area contributed by atoms with Crippen LogP contribution in [0.5, 0.6) is 5.75 Å². The van der Waals surface area contributed by atoms with E-state index in [4.69, 9.17) is 14.9 Å². The first-order chi connectivity index (χ1) is 8.20. The molecule has 0 bridgehead atoms. The molecule has 0 atom stereocenters. The summed E-state index contributed by atoms with van der Waals surface area (Å²) in [6, 6.07) is 7.63. The Morgan fingerprint density at radius 2 is 1.94 bits per heavy atom. The van der Waals surface area contributed by atoms with Gasteiger partial charge in [0.25, 0.3) is 0 Å². The van der Waals surface area contributed by atoms with Gasteiger partial charge in [-0.2, -0.15) is 0 Å². The molecule has 4 heteroatoms. The van der Waals surface area contributed by atoms with Gasteiger partial charge in [0, 0.05) is 12.1 Å². The second kappa shape index (κ2) is 5.01. The van der Waals surface area contributed by atoms with Crippen molar-refractivity contribution in [1.82, 2.24) is 4.98 Å². The lowest BCUT2D eigenvalue weighted by Gasteiger charge is -2.04. The van der Waals surface area contributed by atoms with Gasteiger partial charge in [0.2, 0.25) is 5.89 Å². The van der Waals surface area contributed by atoms with Crippen molar-refractivity contribution < 1.29 is 9.15 Å². The highest BCUT2D eigenvalue weighted by atomic mass is 16.5. The molecule has 1 heterocycles. The molecule has 0 saturated heterocycles. The SMILES string of the molecule is Cc1nc(-c2ccc(OCCN)cc2)oc1C. The molecule has 2 rings (SSSR count). The number of hydrogen-bond donors (Lipinski definition) is 1. The number of ether oxygens (including phenoxy) is 1. The number of benzene rings is 1. The van der Waals surface area contributed by atoms with E-state index in [0.29, 0.717) is 19.0 Å². The summed E-state index contributed by atoms with van der Waals surface area (Å²) in [6.07, 6.45) is 0. The summed E-state index contributed by atoms with van der Waals surface area (Å²) >= 11 is 0. The van der Waals surface area contributed by atoms with Crippen molar-refractivity contribution in [3.63, 3.8) is 0 Å². The van der Waals surface area contributed by atoms with E-state index in [-0.39, 0.29) is 0 Å². The Balaban J connectivity index is 2.17. The molecule has 17 heavy (non-hydrogen) atoms. The van der Waals surface area contributed by atoms with Gasteiger partial charge in [0.15, 0.2) is 0 Å². The highest BCUT2D eigenvalue weighted by molar-refractivity contribution is 5.55. The molecular formula is C13H16N2O2. The van der Waals surface area contributed by atoms with Crippen molar-refractivity contribution in [2.75, 3.05) is 13.2 Å². The predicted octanol–water partition coefficient (Wildman–Crippen LogP) is 2.30. The first-order valence-electron chi connectivity index (χ1n) is 5.58. The number of nitrogens with zero attached hydrogens (tertiary/aromatic N) is 1. The van der Waals surface area contributed by atoms with E-state index in [1.54, 1.807) is 0 Å². The van der Waals surface area contributed by atoms with E-state index in [1.807, 2.05) is 38.1 Å². The smallest absolute Gasteiger partial charge is 0.226 e. The van der Waals surface area contributed by atoms with Gasteiger partial charge < -0.3 is 14.9 Å². The van der Waals surface area contributed by atoms with Crippen molar-refractivity contribution in [1.29, 1.82) is 0 Å². The maximum absolute atomic E-state index is 5.55. The van der Waals surface area contributed by atoms with Gasteiger partial charge in [-0.15, -0.1) is 0 Å². The Kier molecular flexibility index (Phi) is 3.44. The van der Waals surface area contributed by atoms with Crippen LogP contribution < -0.4 is 10.5 Å². The highest BCUT2D eigenvalue weighted by Crippen LogP contribution is 2.23. The number of oxazole rings is 1. The summed E-state index contributed by atoms with van der Waals surface area (Å²) in [7, 11) is 0. The van der Waals surface area contributed by atoms with Crippen LogP contribution in [-0.2, 0) is 0 Å². The van der Waals surface area contributed by atoms with E-state index in [2.05, 4.69) is 4.98 Å². The first-order valence-corrected chi connectivity index (χ1v) is 5.58. The van der Waals surface area contributed by atoms with Crippen LogP contribution in [0.3, 0.4) is 0 Å². The zero-order valence-corrected chi connectivity index (χ0v) is 10.1. The molecule has 2 N–H and O–H groups in total. The van der Waals surface area contributed by atoms with Crippen LogP contribution in [0.2, 0.25) is 0 Å². The molecular weight excluding hydrogens is 216 g/mol. The zero-order valence-electron chi connectivity index (χ0n) is 10.1. The summed E-state index contributed by atoms with van der Waals surface area (Å²) in [4.78, 5) is 4.34. The molecule has 0 radical (unpaired) electrons. The van der Waals surface area contributed by atoms with Crippen LogP contribution >= 0.6 is 0 Å². The standard InChI is InChI=1S/C13H16N2O2/c1-9-10(2)17-13(15-9)11-3-5-12(6-4-11)16-8-7-14/h3-6H,7-8,14H2,1-2H3. The third-order valence-electron chi connectivity index (χ3n) is 2.52. The fourth-order valence-corrected chi connectivity index (χ4v) is 1.47. The lowest BCUT2D eigenvalue weighted by molar-refractivity contribution is 0.328. The number of rotatable bonds is 4. The molecule has 90 valence electrons. The van der Waals surface area contributed by atoms with E-state index in [1.165, 1.54) is 0 Å². The summed E-state index contributed by atoms with van der Waals surface area (Å²) in [5, 5.41) is 0. The molecule has 0 amide bonds. The Morgan fingerprint density at radius 3 is 2.47 bits per heavy atom. The normalized spacial score (nSPS) is 10.5. The average Bonchev–Trinajstić information content (AvgIpc) is 2.68. The fourth-order valence-electron chi connectivity index (χ4n) is 1.47. The van der Waals surface area contributed by atoms with Crippen molar-refractivity contribution in [3.8, 4) is 17.2 Å². The van der Waals surface area contributed by atoms with Crippen molar-refractivity contribution in [2.24, 2.45) is 5.73 Å². The van der Waals surface area contributed by atoms with Crippen LogP contribution in [0.15, 0.2) is 28.7 Å². The van der Waals surface area contributed by atoms with Gasteiger partial charge in [-0.3, -0.25) is 0 Å². The second-order valence-corrected chi connectivity index (χ2v) is 3.82. The van der Waals surface area contributed by atoms with Crippen LogP contribution in [-0.4, -0.2) is 18.1 Å². The van der Waals surface area contributed by atoms with Gasteiger partial charge in [-0.05, 0) is 38.1 Å². The maximum Gasteiger partial charge on any atom is 0.226 e. The maximum atomic E-state index is 5.55. The number of hydrogen-bond acceptors (Lipinski definition) is 4. The number of aryl methyl sites for hydroxylation is 2.